The van der Waals surface area contributed by atoms with Crippen molar-refractivity contribution in [2.45, 2.75) is 19.9 Å². The van der Waals surface area contributed by atoms with Crippen molar-refractivity contribution >= 4 is 11.3 Å². The van der Waals surface area contributed by atoms with Crippen molar-refractivity contribution in [3.8, 4) is 10.4 Å². The molecule has 0 fully saturated rings. The van der Waals surface area contributed by atoms with Gasteiger partial charge in [-0.1, -0.05) is 24.3 Å². The number of hydrogen-bond donors (Lipinski definition) is 1. The fourth-order valence-electron chi connectivity index (χ4n) is 2.23. The van der Waals surface area contributed by atoms with Crippen molar-refractivity contribution in [1.82, 2.24) is 5.32 Å². The van der Waals surface area contributed by atoms with Gasteiger partial charge in [-0.3, -0.25) is 0 Å². The Bertz CT molecular complexity index is 490. The van der Waals surface area contributed by atoms with Gasteiger partial charge in [0, 0.05) is 22.8 Å². The average molecular weight is 229 g/mol. The van der Waals surface area contributed by atoms with Gasteiger partial charge in [-0.25, -0.2) is 0 Å². The predicted octanol–water partition coefficient (Wildman–Crippen LogP) is 3.37. The van der Waals surface area contributed by atoms with Gasteiger partial charge in [0.2, 0.25) is 0 Å². The number of rotatable bonds is 1. The van der Waals surface area contributed by atoms with Crippen molar-refractivity contribution in [2.24, 2.45) is 0 Å². The number of fused-ring (bicyclic) bond motifs is 1. The topological polar surface area (TPSA) is 12.0 Å². The molecule has 0 bridgehead atoms. The van der Waals surface area contributed by atoms with Gasteiger partial charge < -0.3 is 5.32 Å². The van der Waals surface area contributed by atoms with E-state index in [1.807, 2.05) is 11.3 Å². The maximum absolute atomic E-state index is 3.43. The Kier molecular flexibility index (Phi) is 2.54. The van der Waals surface area contributed by atoms with E-state index in [9.17, 15) is 0 Å². The molecule has 16 heavy (non-hydrogen) atoms. The SMILES string of the molecule is Cc1ccccc1-c1cc2c(s1)CCNC2. The highest BCUT2D eigenvalue weighted by Gasteiger charge is 2.14. The molecule has 1 aliphatic rings. The minimum absolute atomic E-state index is 1.04. The molecule has 0 saturated carbocycles. The largest absolute Gasteiger partial charge is 0.312 e. The van der Waals surface area contributed by atoms with Crippen molar-refractivity contribution < 1.29 is 0 Å². The van der Waals surface area contributed by atoms with E-state index in [0.29, 0.717) is 0 Å². The third kappa shape index (κ3) is 1.68. The van der Waals surface area contributed by atoms with Crippen LogP contribution in [0.3, 0.4) is 0 Å². The van der Waals surface area contributed by atoms with Crippen molar-refractivity contribution in [3.05, 3.63) is 46.3 Å². The Labute approximate surface area is 100 Å². The van der Waals surface area contributed by atoms with Crippen LogP contribution in [0.2, 0.25) is 0 Å². The maximum Gasteiger partial charge on any atom is 0.0351 e. The molecular formula is C14H15NS. The summed E-state index contributed by atoms with van der Waals surface area (Å²) in [4.78, 5) is 2.99. The van der Waals surface area contributed by atoms with Gasteiger partial charge >= 0.3 is 0 Å². The van der Waals surface area contributed by atoms with Gasteiger partial charge in [0.05, 0.1) is 0 Å². The Hall–Kier alpha value is -1.12. The molecule has 2 heteroatoms. The fourth-order valence-corrected chi connectivity index (χ4v) is 3.51. The Morgan fingerprint density at radius 1 is 1.25 bits per heavy atom. The molecule has 1 aromatic carbocycles. The monoisotopic (exact) mass is 229 g/mol. The first-order chi connectivity index (χ1) is 7.84. The second-order valence-corrected chi connectivity index (χ2v) is 5.44. The number of aryl methyl sites for hydroxylation is 1. The smallest absolute Gasteiger partial charge is 0.0351 e. The van der Waals surface area contributed by atoms with E-state index in [2.05, 4.69) is 42.6 Å². The van der Waals surface area contributed by atoms with E-state index in [1.165, 1.54) is 28.0 Å². The lowest BCUT2D eigenvalue weighted by Gasteiger charge is -2.10. The molecule has 0 aliphatic carbocycles. The third-order valence-corrected chi connectivity index (χ3v) is 4.42. The average Bonchev–Trinajstić information content (AvgIpc) is 2.73. The highest BCUT2D eigenvalue weighted by Crippen LogP contribution is 2.34. The molecule has 1 nitrogen and oxygen atoms in total. The van der Waals surface area contributed by atoms with Crippen LogP contribution in [-0.2, 0) is 13.0 Å². The second kappa shape index (κ2) is 4.04. The van der Waals surface area contributed by atoms with Gasteiger partial charge in [0.1, 0.15) is 0 Å². The molecule has 0 saturated heterocycles. The molecule has 3 rings (SSSR count). The Morgan fingerprint density at radius 3 is 2.94 bits per heavy atom. The second-order valence-electron chi connectivity index (χ2n) is 4.30. The summed E-state index contributed by atoms with van der Waals surface area (Å²) in [6, 6.07) is 11.0. The number of thiophene rings is 1. The first-order valence-electron chi connectivity index (χ1n) is 5.73. The minimum Gasteiger partial charge on any atom is -0.312 e. The lowest BCUT2D eigenvalue weighted by Crippen LogP contribution is -2.21. The summed E-state index contributed by atoms with van der Waals surface area (Å²) >= 11 is 1.96. The molecule has 0 amide bonds. The van der Waals surface area contributed by atoms with Crippen LogP contribution < -0.4 is 5.32 Å². The molecule has 82 valence electrons. The lowest BCUT2D eigenvalue weighted by atomic mass is 10.1. The highest BCUT2D eigenvalue weighted by molar-refractivity contribution is 7.15. The molecule has 0 unspecified atom stereocenters. The van der Waals surface area contributed by atoms with Crippen LogP contribution in [0.15, 0.2) is 30.3 Å². The van der Waals surface area contributed by atoms with Crippen molar-refractivity contribution in [2.75, 3.05) is 6.54 Å². The van der Waals surface area contributed by atoms with E-state index < -0.39 is 0 Å². The van der Waals surface area contributed by atoms with Crippen LogP contribution in [0, 0.1) is 6.92 Å². The number of benzene rings is 1. The normalized spacial score (nSPS) is 14.8. The summed E-state index contributed by atoms with van der Waals surface area (Å²) in [5.74, 6) is 0. The van der Waals surface area contributed by atoms with Crippen molar-refractivity contribution in [1.29, 1.82) is 0 Å². The standard InChI is InChI=1S/C14H15NS/c1-10-4-2-3-5-12(10)14-8-11-9-15-7-6-13(11)16-14/h2-5,8,15H,6-7,9H2,1H3. The van der Waals surface area contributed by atoms with Gasteiger partial charge in [-0.15, -0.1) is 11.3 Å². The zero-order chi connectivity index (χ0) is 11.0. The molecule has 1 aromatic heterocycles. The molecule has 0 spiro atoms. The fraction of sp³-hybridized carbons (Fsp3) is 0.286. The quantitative estimate of drug-likeness (QED) is 0.790. The van der Waals surface area contributed by atoms with E-state index in [0.717, 1.165) is 13.1 Å². The molecule has 1 N–H and O–H groups in total. The summed E-state index contributed by atoms with van der Waals surface area (Å²) in [7, 11) is 0. The zero-order valence-electron chi connectivity index (χ0n) is 9.42. The summed E-state index contributed by atoms with van der Waals surface area (Å²) in [6.07, 6.45) is 1.19. The molecule has 1 aliphatic heterocycles. The molecule has 0 atom stereocenters. The summed E-state index contributed by atoms with van der Waals surface area (Å²) < 4.78 is 0. The van der Waals surface area contributed by atoms with Crippen molar-refractivity contribution in [3.63, 3.8) is 0 Å². The van der Waals surface area contributed by atoms with E-state index >= 15 is 0 Å². The Balaban J connectivity index is 2.07. The van der Waals surface area contributed by atoms with E-state index in [-0.39, 0.29) is 0 Å². The highest BCUT2D eigenvalue weighted by atomic mass is 32.1. The van der Waals surface area contributed by atoms with Gasteiger partial charge in [-0.05, 0) is 36.1 Å². The van der Waals surface area contributed by atoms with Crippen LogP contribution in [0.5, 0.6) is 0 Å². The summed E-state index contributed by atoms with van der Waals surface area (Å²) in [5.41, 5.74) is 4.26. The summed E-state index contributed by atoms with van der Waals surface area (Å²) in [6.45, 7) is 4.35. The minimum atomic E-state index is 1.04. The lowest BCUT2D eigenvalue weighted by molar-refractivity contribution is 0.653. The van der Waals surface area contributed by atoms with Crippen LogP contribution in [0.4, 0.5) is 0 Å². The van der Waals surface area contributed by atoms with E-state index in [4.69, 9.17) is 0 Å². The van der Waals surface area contributed by atoms with Gasteiger partial charge in [0.25, 0.3) is 0 Å². The summed E-state index contributed by atoms with van der Waals surface area (Å²) in [5, 5.41) is 3.43. The number of nitrogens with one attached hydrogen (secondary N) is 1. The molecular weight excluding hydrogens is 214 g/mol. The molecule has 2 aromatic rings. The third-order valence-electron chi connectivity index (χ3n) is 3.15. The van der Waals surface area contributed by atoms with Crippen LogP contribution in [-0.4, -0.2) is 6.54 Å². The van der Waals surface area contributed by atoms with Crippen LogP contribution in [0.1, 0.15) is 16.0 Å². The van der Waals surface area contributed by atoms with E-state index in [1.54, 1.807) is 4.88 Å². The Morgan fingerprint density at radius 2 is 2.12 bits per heavy atom. The first-order valence-corrected chi connectivity index (χ1v) is 6.54. The number of hydrogen-bond acceptors (Lipinski definition) is 2. The first kappa shape index (κ1) is 10.1. The predicted molar refractivity (Wildman–Crippen MR) is 69.9 cm³/mol. The van der Waals surface area contributed by atoms with Crippen LogP contribution in [0.25, 0.3) is 10.4 Å². The maximum atomic E-state index is 3.43. The zero-order valence-corrected chi connectivity index (χ0v) is 10.2. The molecule has 0 radical (unpaired) electrons. The van der Waals surface area contributed by atoms with Gasteiger partial charge in [0.15, 0.2) is 0 Å². The van der Waals surface area contributed by atoms with Gasteiger partial charge in [-0.2, -0.15) is 0 Å². The van der Waals surface area contributed by atoms with Crippen LogP contribution >= 0.6 is 11.3 Å². The molecule has 2 heterocycles.